The Labute approximate surface area is 112 Å². The SMILES string of the molecule is Cc1ccc(-c2nc(C)c(CCC#N)s2)cc1C. The summed E-state index contributed by atoms with van der Waals surface area (Å²) in [5, 5.41) is 9.70. The largest absolute Gasteiger partial charge is 0.241 e. The van der Waals surface area contributed by atoms with Crippen molar-refractivity contribution in [2.24, 2.45) is 0 Å². The van der Waals surface area contributed by atoms with E-state index in [1.165, 1.54) is 21.6 Å². The molecular formula is C15H16N2S. The van der Waals surface area contributed by atoms with Crippen LogP contribution in [0.2, 0.25) is 0 Å². The van der Waals surface area contributed by atoms with Crippen molar-refractivity contribution in [1.29, 1.82) is 5.26 Å². The minimum Gasteiger partial charge on any atom is -0.241 e. The van der Waals surface area contributed by atoms with E-state index in [4.69, 9.17) is 5.26 Å². The number of nitrogens with zero attached hydrogens (tertiary/aromatic N) is 2. The Kier molecular flexibility index (Phi) is 3.78. The zero-order valence-electron chi connectivity index (χ0n) is 10.9. The molecule has 0 bridgehead atoms. The first-order valence-corrected chi connectivity index (χ1v) is 6.84. The fourth-order valence-electron chi connectivity index (χ4n) is 1.83. The van der Waals surface area contributed by atoms with E-state index in [9.17, 15) is 0 Å². The average Bonchev–Trinajstić information content (AvgIpc) is 2.72. The third-order valence-corrected chi connectivity index (χ3v) is 4.38. The highest BCUT2D eigenvalue weighted by atomic mass is 32.1. The Bertz CT molecular complexity index is 605. The molecule has 18 heavy (non-hydrogen) atoms. The van der Waals surface area contributed by atoms with Gasteiger partial charge in [-0.15, -0.1) is 11.3 Å². The van der Waals surface area contributed by atoms with Crippen LogP contribution in [0, 0.1) is 32.1 Å². The highest BCUT2D eigenvalue weighted by molar-refractivity contribution is 7.15. The van der Waals surface area contributed by atoms with Crippen LogP contribution in [0.25, 0.3) is 10.6 Å². The molecule has 2 rings (SSSR count). The van der Waals surface area contributed by atoms with Gasteiger partial charge in [-0.25, -0.2) is 4.98 Å². The monoisotopic (exact) mass is 256 g/mol. The molecule has 3 heteroatoms. The maximum atomic E-state index is 8.64. The molecule has 2 aromatic rings. The minimum absolute atomic E-state index is 0.565. The lowest BCUT2D eigenvalue weighted by Gasteiger charge is -2.01. The highest BCUT2D eigenvalue weighted by Crippen LogP contribution is 2.29. The summed E-state index contributed by atoms with van der Waals surface area (Å²) < 4.78 is 0. The Hall–Kier alpha value is -1.66. The van der Waals surface area contributed by atoms with E-state index in [1.54, 1.807) is 11.3 Å². The quantitative estimate of drug-likeness (QED) is 0.825. The number of thiazole rings is 1. The van der Waals surface area contributed by atoms with Crippen molar-refractivity contribution in [2.75, 3.05) is 0 Å². The first-order valence-electron chi connectivity index (χ1n) is 6.02. The van der Waals surface area contributed by atoms with E-state index >= 15 is 0 Å². The lowest BCUT2D eigenvalue weighted by molar-refractivity contribution is 1.01. The van der Waals surface area contributed by atoms with Crippen molar-refractivity contribution in [3.8, 4) is 16.6 Å². The minimum atomic E-state index is 0.565. The molecule has 0 saturated heterocycles. The van der Waals surface area contributed by atoms with Crippen molar-refractivity contribution in [3.63, 3.8) is 0 Å². The predicted octanol–water partition coefficient (Wildman–Crippen LogP) is 4.19. The Morgan fingerprint density at radius 1 is 1.22 bits per heavy atom. The summed E-state index contributed by atoms with van der Waals surface area (Å²) in [5.74, 6) is 0. The third kappa shape index (κ3) is 2.60. The number of rotatable bonds is 3. The summed E-state index contributed by atoms with van der Waals surface area (Å²) in [7, 11) is 0. The van der Waals surface area contributed by atoms with Crippen molar-refractivity contribution in [3.05, 3.63) is 39.9 Å². The van der Waals surface area contributed by atoms with Gasteiger partial charge in [0, 0.05) is 16.9 Å². The Morgan fingerprint density at radius 3 is 2.67 bits per heavy atom. The molecule has 1 aromatic heterocycles. The van der Waals surface area contributed by atoms with Crippen molar-refractivity contribution in [1.82, 2.24) is 4.98 Å². The molecule has 2 nitrogen and oxygen atoms in total. The van der Waals surface area contributed by atoms with Gasteiger partial charge in [-0.05, 0) is 44.4 Å². The van der Waals surface area contributed by atoms with E-state index in [0.29, 0.717) is 6.42 Å². The van der Waals surface area contributed by atoms with Crippen LogP contribution < -0.4 is 0 Å². The molecule has 0 aliphatic heterocycles. The number of nitriles is 1. The first kappa shape index (κ1) is 12.8. The van der Waals surface area contributed by atoms with Gasteiger partial charge in [0.1, 0.15) is 5.01 Å². The molecule has 0 N–H and O–H groups in total. The third-order valence-electron chi connectivity index (χ3n) is 3.11. The zero-order chi connectivity index (χ0) is 13.1. The van der Waals surface area contributed by atoms with Crippen LogP contribution in [0.3, 0.4) is 0 Å². The second-order valence-electron chi connectivity index (χ2n) is 4.48. The summed E-state index contributed by atoms with van der Waals surface area (Å²) in [4.78, 5) is 5.84. The fourth-order valence-corrected chi connectivity index (χ4v) is 2.89. The van der Waals surface area contributed by atoms with Crippen molar-refractivity contribution in [2.45, 2.75) is 33.6 Å². The van der Waals surface area contributed by atoms with Crippen LogP contribution in [0.15, 0.2) is 18.2 Å². The van der Waals surface area contributed by atoms with Gasteiger partial charge in [0.25, 0.3) is 0 Å². The summed E-state index contributed by atoms with van der Waals surface area (Å²) >= 11 is 1.70. The van der Waals surface area contributed by atoms with Crippen LogP contribution in [-0.4, -0.2) is 4.98 Å². The van der Waals surface area contributed by atoms with Gasteiger partial charge in [0.05, 0.1) is 11.8 Å². The van der Waals surface area contributed by atoms with Gasteiger partial charge in [0.2, 0.25) is 0 Å². The van der Waals surface area contributed by atoms with Gasteiger partial charge in [-0.2, -0.15) is 5.26 Å². The molecule has 0 aliphatic rings. The molecule has 0 unspecified atom stereocenters. The summed E-state index contributed by atoms with van der Waals surface area (Å²) in [6, 6.07) is 8.63. The number of hydrogen-bond acceptors (Lipinski definition) is 3. The van der Waals surface area contributed by atoms with Crippen molar-refractivity contribution >= 4 is 11.3 Å². The van der Waals surface area contributed by atoms with E-state index in [0.717, 1.165) is 17.1 Å². The first-order chi connectivity index (χ1) is 8.61. The van der Waals surface area contributed by atoms with Gasteiger partial charge in [0.15, 0.2) is 0 Å². The maximum absolute atomic E-state index is 8.64. The molecule has 1 aromatic carbocycles. The molecule has 0 spiro atoms. The molecule has 0 aliphatic carbocycles. The van der Waals surface area contributed by atoms with Crippen molar-refractivity contribution < 1.29 is 0 Å². The van der Waals surface area contributed by atoms with Crippen LogP contribution in [-0.2, 0) is 6.42 Å². The zero-order valence-corrected chi connectivity index (χ0v) is 11.8. The highest BCUT2D eigenvalue weighted by Gasteiger charge is 2.09. The average molecular weight is 256 g/mol. The fraction of sp³-hybridized carbons (Fsp3) is 0.333. The lowest BCUT2D eigenvalue weighted by atomic mass is 10.1. The molecule has 0 saturated carbocycles. The predicted molar refractivity (Wildman–Crippen MR) is 75.7 cm³/mol. The van der Waals surface area contributed by atoms with Crippen LogP contribution in [0.4, 0.5) is 0 Å². The van der Waals surface area contributed by atoms with E-state index in [2.05, 4.69) is 43.1 Å². The van der Waals surface area contributed by atoms with Gasteiger partial charge < -0.3 is 0 Å². The normalized spacial score (nSPS) is 10.3. The Balaban J connectivity index is 2.33. The molecule has 1 heterocycles. The number of benzene rings is 1. The smallest absolute Gasteiger partial charge is 0.123 e. The molecule has 0 radical (unpaired) electrons. The summed E-state index contributed by atoms with van der Waals surface area (Å²) in [5.41, 5.74) is 4.83. The van der Waals surface area contributed by atoms with E-state index in [1.807, 2.05) is 6.92 Å². The van der Waals surface area contributed by atoms with Gasteiger partial charge in [-0.1, -0.05) is 12.1 Å². The number of hydrogen-bond donors (Lipinski definition) is 0. The lowest BCUT2D eigenvalue weighted by Crippen LogP contribution is -1.83. The number of aryl methyl sites for hydroxylation is 4. The molecule has 0 amide bonds. The standard InChI is InChI=1S/C15H16N2S/c1-10-6-7-13(9-11(10)2)15-17-12(3)14(18-15)5-4-8-16/h6-7,9H,4-5H2,1-3H3. The molecule has 0 fully saturated rings. The topological polar surface area (TPSA) is 36.7 Å². The Morgan fingerprint density at radius 2 is 2.00 bits per heavy atom. The van der Waals surface area contributed by atoms with Crippen LogP contribution >= 0.6 is 11.3 Å². The molecule has 92 valence electrons. The van der Waals surface area contributed by atoms with Crippen LogP contribution in [0.5, 0.6) is 0 Å². The summed E-state index contributed by atoms with van der Waals surface area (Å²) in [6.45, 7) is 6.26. The van der Waals surface area contributed by atoms with E-state index in [-0.39, 0.29) is 0 Å². The van der Waals surface area contributed by atoms with Gasteiger partial charge in [-0.3, -0.25) is 0 Å². The van der Waals surface area contributed by atoms with E-state index < -0.39 is 0 Å². The second-order valence-corrected chi connectivity index (χ2v) is 5.57. The molecular weight excluding hydrogens is 240 g/mol. The number of aromatic nitrogens is 1. The second kappa shape index (κ2) is 5.32. The van der Waals surface area contributed by atoms with Gasteiger partial charge >= 0.3 is 0 Å². The molecule has 0 atom stereocenters. The maximum Gasteiger partial charge on any atom is 0.123 e. The van der Waals surface area contributed by atoms with Crippen LogP contribution in [0.1, 0.15) is 28.1 Å². The summed E-state index contributed by atoms with van der Waals surface area (Å²) in [6.07, 6.45) is 1.38.